The molecule has 0 saturated carbocycles. The van der Waals surface area contributed by atoms with E-state index >= 15 is 0 Å². The highest BCUT2D eigenvalue weighted by atomic mass is 16.3. The number of benzene rings is 2. The molecule has 88 valence electrons. The van der Waals surface area contributed by atoms with E-state index in [4.69, 9.17) is 5.73 Å². The standard InChI is InChI=1S/C15H17NO/c16-14-9-5-4-8-13(14)15(17)11-10-12-6-2-1-3-7-12/h1-9,15,17H,10-11,16H2. The van der Waals surface area contributed by atoms with Crippen LogP contribution in [0.2, 0.25) is 0 Å². The normalized spacial score (nSPS) is 12.3. The van der Waals surface area contributed by atoms with Crippen molar-refractivity contribution < 1.29 is 5.11 Å². The van der Waals surface area contributed by atoms with E-state index in [1.807, 2.05) is 42.5 Å². The van der Waals surface area contributed by atoms with E-state index in [2.05, 4.69) is 12.1 Å². The van der Waals surface area contributed by atoms with Crippen molar-refractivity contribution in [1.29, 1.82) is 0 Å². The Bertz CT molecular complexity index is 467. The molecule has 2 aromatic rings. The van der Waals surface area contributed by atoms with Gasteiger partial charge in [-0.05, 0) is 24.5 Å². The molecule has 17 heavy (non-hydrogen) atoms. The highest BCUT2D eigenvalue weighted by Gasteiger charge is 2.10. The number of hydrogen-bond acceptors (Lipinski definition) is 2. The molecule has 2 aromatic carbocycles. The Morgan fingerprint density at radius 3 is 2.29 bits per heavy atom. The van der Waals surface area contributed by atoms with Crippen LogP contribution in [0.5, 0.6) is 0 Å². The quantitative estimate of drug-likeness (QED) is 0.789. The van der Waals surface area contributed by atoms with Gasteiger partial charge in [0.05, 0.1) is 6.10 Å². The zero-order valence-corrected chi connectivity index (χ0v) is 9.71. The zero-order chi connectivity index (χ0) is 12.1. The molecule has 0 amide bonds. The zero-order valence-electron chi connectivity index (χ0n) is 9.71. The van der Waals surface area contributed by atoms with Gasteiger partial charge in [-0.3, -0.25) is 0 Å². The summed E-state index contributed by atoms with van der Waals surface area (Å²) in [6, 6.07) is 17.6. The van der Waals surface area contributed by atoms with E-state index < -0.39 is 6.10 Å². The van der Waals surface area contributed by atoms with Crippen LogP contribution in [-0.2, 0) is 6.42 Å². The average molecular weight is 227 g/mol. The van der Waals surface area contributed by atoms with Crippen molar-refractivity contribution in [3.05, 3.63) is 65.7 Å². The molecular formula is C15H17NO. The van der Waals surface area contributed by atoms with Crippen molar-refractivity contribution in [3.8, 4) is 0 Å². The number of aliphatic hydroxyl groups excluding tert-OH is 1. The van der Waals surface area contributed by atoms with E-state index in [1.165, 1.54) is 5.56 Å². The van der Waals surface area contributed by atoms with Crippen LogP contribution in [0, 0.1) is 0 Å². The second kappa shape index (κ2) is 5.51. The van der Waals surface area contributed by atoms with Crippen LogP contribution in [0.15, 0.2) is 54.6 Å². The molecule has 0 aliphatic carbocycles. The molecule has 0 bridgehead atoms. The first kappa shape index (κ1) is 11.7. The summed E-state index contributed by atoms with van der Waals surface area (Å²) in [5.41, 5.74) is 8.55. The molecular weight excluding hydrogens is 210 g/mol. The van der Waals surface area contributed by atoms with Crippen LogP contribution in [-0.4, -0.2) is 5.11 Å². The maximum absolute atomic E-state index is 10.1. The van der Waals surface area contributed by atoms with E-state index in [9.17, 15) is 5.11 Å². The van der Waals surface area contributed by atoms with Gasteiger partial charge in [-0.15, -0.1) is 0 Å². The minimum Gasteiger partial charge on any atom is -0.398 e. The molecule has 0 fully saturated rings. The van der Waals surface area contributed by atoms with Crippen LogP contribution >= 0.6 is 0 Å². The van der Waals surface area contributed by atoms with Crippen molar-refractivity contribution >= 4 is 5.69 Å². The fourth-order valence-electron chi connectivity index (χ4n) is 1.92. The summed E-state index contributed by atoms with van der Waals surface area (Å²) in [7, 11) is 0. The molecule has 0 aliphatic rings. The third kappa shape index (κ3) is 3.08. The van der Waals surface area contributed by atoms with Crippen LogP contribution in [0.4, 0.5) is 5.69 Å². The molecule has 0 spiro atoms. The second-order valence-electron chi connectivity index (χ2n) is 4.17. The van der Waals surface area contributed by atoms with Gasteiger partial charge in [-0.1, -0.05) is 48.5 Å². The SMILES string of the molecule is Nc1ccccc1C(O)CCc1ccccc1. The van der Waals surface area contributed by atoms with Gasteiger partial charge in [0.2, 0.25) is 0 Å². The maximum atomic E-state index is 10.1. The minimum atomic E-state index is -0.489. The summed E-state index contributed by atoms with van der Waals surface area (Å²) in [5.74, 6) is 0. The van der Waals surface area contributed by atoms with Crippen LogP contribution < -0.4 is 5.73 Å². The summed E-state index contributed by atoms with van der Waals surface area (Å²) in [4.78, 5) is 0. The Morgan fingerprint density at radius 2 is 1.59 bits per heavy atom. The molecule has 1 atom stereocenters. The summed E-state index contributed by atoms with van der Waals surface area (Å²) in [6.45, 7) is 0. The molecule has 2 rings (SSSR count). The summed E-state index contributed by atoms with van der Waals surface area (Å²) in [6.07, 6.45) is 1.06. The van der Waals surface area contributed by atoms with Gasteiger partial charge in [0, 0.05) is 11.3 Å². The third-order valence-electron chi connectivity index (χ3n) is 2.90. The number of aliphatic hydroxyl groups is 1. The van der Waals surface area contributed by atoms with Gasteiger partial charge in [-0.25, -0.2) is 0 Å². The van der Waals surface area contributed by atoms with Gasteiger partial charge in [-0.2, -0.15) is 0 Å². The Morgan fingerprint density at radius 1 is 0.941 bits per heavy atom. The first-order chi connectivity index (χ1) is 8.27. The second-order valence-corrected chi connectivity index (χ2v) is 4.17. The fourth-order valence-corrected chi connectivity index (χ4v) is 1.92. The Balaban J connectivity index is 1.99. The lowest BCUT2D eigenvalue weighted by Crippen LogP contribution is -2.03. The van der Waals surface area contributed by atoms with E-state index in [-0.39, 0.29) is 0 Å². The Hall–Kier alpha value is -1.80. The first-order valence-electron chi connectivity index (χ1n) is 5.84. The minimum absolute atomic E-state index is 0.489. The summed E-state index contributed by atoms with van der Waals surface area (Å²) in [5, 5.41) is 10.1. The largest absolute Gasteiger partial charge is 0.398 e. The summed E-state index contributed by atoms with van der Waals surface area (Å²) < 4.78 is 0. The van der Waals surface area contributed by atoms with E-state index in [0.29, 0.717) is 12.1 Å². The molecule has 2 heteroatoms. The van der Waals surface area contributed by atoms with E-state index in [0.717, 1.165) is 12.0 Å². The molecule has 3 N–H and O–H groups in total. The lowest BCUT2D eigenvalue weighted by molar-refractivity contribution is 0.168. The number of aryl methyl sites for hydroxylation is 1. The molecule has 0 heterocycles. The maximum Gasteiger partial charge on any atom is 0.0813 e. The number of anilines is 1. The number of hydrogen-bond donors (Lipinski definition) is 2. The highest BCUT2D eigenvalue weighted by molar-refractivity contribution is 5.47. The monoisotopic (exact) mass is 227 g/mol. The van der Waals surface area contributed by atoms with Crippen LogP contribution in [0.1, 0.15) is 23.7 Å². The Labute approximate surface area is 102 Å². The predicted octanol–water partition coefficient (Wildman–Crippen LogP) is 2.94. The highest BCUT2D eigenvalue weighted by Crippen LogP contribution is 2.23. The third-order valence-corrected chi connectivity index (χ3v) is 2.90. The van der Waals surface area contributed by atoms with Crippen molar-refractivity contribution in [3.63, 3.8) is 0 Å². The average Bonchev–Trinajstić information content (AvgIpc) is 2.38. The van der Waals surface area contributed by atoms with Gasteiger partial charge in [0.25, 0.3) is 0 Å². The first-order valence-corrected chi connectivity index (χ1v) is 5.84. The fraction of sp³-hybridized carbons (Fsp3) is 0.200. The topological polar surface area (TPSA) is 46.2 Å². The summed E-state index contributed by atoms with van der Waals surface area (Å²) >= 11 is 0. The smallest absolute Gasteiger partial charge is 0.0813 e. The molecule has 0 aromatic heterocycles. The van der Waals surface area contributed by atoms with Crippen molar-refractivity contribution in [1.82, 2.24) is 0 Å². The number of para-hydroxylation sites is 1. The van der Waals surface area contributed by atoms with Gasteiger partial charge in [0.15, 0.2) is 0 Å². The van der Waals surface area contributed by atoms with Crippen LogP contribution in [0.25, 0.3) is 0 Å². The van der Waals surface area contributed by atoms with Crippen molar-refractivity contribution in [2.24, 2.45) is 0 Å². The van der Waals surface area contributed by atoms with E-state index in [1.54, 1.807) is 0 Å². The van der Waals surface area contributed by atoms with Crippen molar-refractivity contribution in [2.45, 2.75) is 18.9 Å². The molecule has 0 aliphatic heterocycles. The Kier molecular flexibility index (Phi) is 3.78. The lowest BCUT2D eigenvalue weighted by atomic mass is 10.0. The van der Waals surface area contributed by atoms with Crippen molar-refractivity contribution in [2.75, 3.05) is 5.73 Å². The van der Waals surface area contributed by atoms with Gasteiger partial charge in [0.1, 0.15) is 0 Å². The number of rotatable bonds is 4. The molecule has 1 unspecified atom stereocenters. The predicted molar refractivity (Wildman–Crippen MR) is 70.6 cm³/mol. The molecule has 0 radical (unpaired) electrons. The lowest BCUT2D eigenvalue weighted by Gasteiger charge is -2.13. The van der Waals surface area contributed by atoms with Gasteiger partial charge < -0.3 is 10.8 Å². The van der Waals surface area contributed by atoms with Crippen LogP contribution in [0.3, 0.4) is 0 Å². The molecule has 0 saturated heterocycles. The molecule has 2 nitrogen and oxygen atoms in total. The number of nitrogen functional groups attached to an aromatic ring is 1. The van der Waals surface area contributed by atoms with Gasteiger partial charge >= 0.3 is 0 Å². The number of nitrogens with two attached hydrogens (primary N) is 1.